The van der Waals surface area contributed by atoms with E-state index >= 15 is 0 Å². The summed E-state index contributed by atoms with van der Waals surface area (Å²) in [5, 5.41) is 22.8. The summed E-state index contributed by atoms with van der Waals surface area (Å²) in [5.41, 5.74) is 3.59. The molecular formula is C27H33N5O. The van der Waals surface area contributed by atoms with E-state index in [2.05, 4.69) is 26.9 Å². The summed E-state index contributed by atoms with van der Waals surface area (Å²) in [5.74, 6) is 0.282. The van der Waals surface area contributed by atoms with Crippen LogP contribution in [-0.4, -0.2) is 34.5 Å². The van der Waals surface area contributed by atoms with Crippen LogP contribution >= 0.6 is 0 Å². The second-order valence-corrected chi connectivity index (χ2v) is 9.45. The van der Waals surface area contributed by atoms with Crippen molar-refractivity contribution >= 4 is 11.7 Å². The first-order valence-corrected chi connectivity index (χ1v) is 12.1. The molecule has 4 rings (SSSR count). The first-order chi connectivity index (χ1) is 16.0. The quantitative estimate of drug-likeness (QED) is 0.666. The maximum atomic E-state index is 13.2. The van der Waals surface area contributed by atoms with Crippen LogP contribution < -0.4 is 5.32 Å². The molecule has 0 bridgehead atoms. The van der Waals surface area contributed by atoms with Crippen LogP contribution in [-0.2, 0) is 4.79 Å². The van der Waals surface area contributed by atoms with Crippen molar-refractivity contribution in [3.05, 3.63) is 52.7 Å². The highest BCUT2D eigenvalue weighted by Crippen LogP contribution is 2.37. The standard InChI is InChI=1S/C27H33N5O/c1-19-20(2)32(22-12-7-4-8-13-22)27(23(19)16-28)30-26(33)18-31-15-9-14-25(31)24(17-29)21-10-5-3-6-11-21/h3,5-6,10-11,22,24-25H,4,7-9,12-15,18H2,1-2H3,(H,30,33)/t24-,25+/m1/s1. The van der Waals surface area contributed by atoms with Crippen LogP contribution in [0.3, 0.4) is 0 Å². The minimum atomic E-state index is -0.258. The van der Waals surface area contributed by atoms with Gasteiger partial charge in [0.05, 0.1) is 24.1 Å². The molecule has 6 nitrogen and oxygen atoms in total. The molecule has 2 fully saturated rings. The zero-order chi connectivity index (χ0) is 23.4. The topological polar surface area (TPSA) is 84.8 Å². The van der Waals surface area contributed by atoms with E-state index in [1.165, 1.54) is 19.3 Å². The molecule has 2 heterocycles. The van der Waals surface area contributed by atoms with Crippen LogP contribution in [0, 0.1) is 36.5 Å². The number of hydrogen-bond donors (Lipinski definition) is 1. The number of carbonyl (C=O) groups is 1. The molecule has 1 N–H and O–H groups in total. The average Bonchev–Trinajstić information content (AvgIpc) is 3.37. The summed E-state index contributed by atoms with van der Waals surface area (Å²) in [7, 11) is 0. The Hall–Kier alpha value is -3.09. The van der Waals surface area contributed by atoms with Gasteiger partial charge in [0.2, 0.25) is 5.91 Å². The highest BCUT2D eigenvalue weighted by Gasteiger charge is 2.34. The Morgan fingerprint density at radius 2 is 1.82 bits per heavy atom. The number of hydrogen-bond acceptors (Lipinski definition) is 4. The monoisotopic (exact) mass is 443 g/mol. The molecule has 0 spiro atoms. The van der Waals surface area contributed by atoms with Gasteiger partial charge in [-0.25, -0.2) is 0 Å². The molecule has 0 radical (unpaired) electrons. The fourth-order valence-corrected chi connectivity index (χ4v) is 5.71. The van der Waals surface area contributed by atoms with Gasteiger partial charge >= 0.3 is 0 Å². The molecule has 1 saturated carbocycles. The van der Waals surface area contributed by atoms with E-state index in [-0.39, 0.29) is 24.4 Å². The number of benzene rings is 1. The summed E-state index contributed by atoms with van der Waals surface area (Å²) >= 11 is 0. The van der Waals surface area contributed by atoms with Crippen LogP contribution in [0.4, 0.5) is 5.82 Å². The Kier molecular flexibility index (Phi) is 7.16. The minimum absolute atomic E-state index is 0.0205. The molecule has 2 aromatic rings. The third kappa shape index (κ3) is 4.68. The van der Waals surface area contributed by atoms with Crippen molar-refractivity contribution in [2.45, 2.75) is 76.8 Å². The second kappa shape index (κ2) is 10.2. The van der Waals surface area contributed by atoms with Crippen molar-refractivity contribution in [2.24, 2.45) is 0 Å². The van der Waals surface area contributed by atoms with E-state index in [1.807, 2.05) is 44.2 Å². The molecule has 6 heteroatoms. The fourth-order valence-electron chi connectivity index (χ4n) is 5.71. The van der Waals surface area contributed by atoms with E-state index in [1.54, 1.807) is 0 Å². The van der Waals surface area contributed by atoms with E-state index in [0.29, 0.717) is 17.4 Å². The minimum Gasteiger partial charge on any atom is -0.327 e. The van der Waals surface area contributed by atoms with Crippen LogP contribution in [0.2, 0.25) is 0 Å². The van der Waals surface area contributed by atoms with Gasteiger partial charge in [-0.1, -0.05) is 49.6 Å². The van der Waals surface area contributed by atoms with Gasteiger partial charge in [0, 0.05) is 17.8 Å². The van der Waals surface area contributed by atoms with Gasteiger partial charge in [-0.05, 0) is 57.2 Å². The zero-order valence-corrected chi connectivity index (χ0v) is 19.7. The maximum Gasteiger partial charge on any atom is 0.239 e. The molecule has 1 aromatic heterocycles. The molecule has 1 aliphatic carbocycles. The Labute approximate surface area is 196 Å². The number of nitrogens with zero attached hydrogens (tertiary/aromatic N) is 4. The van der Waals surface area contributed by atoms with Gasteiger partial charge in [-0.15, -0.1) is 0 Å². The Balaban J connectivity index is 1.54. The van der Waals surface area contributed by atoms with E-state index < -0.39 is 0 Å². The third-order valence-corrected chi connectivity index (χ3v) is 7.51. The lowest BCUT2D eigenvalue weighted by atomic mass is 9.91. The number of nitrogens with one attached hydrogen (secondary N) is 1. The van der Waals surface area contributed by atoms with Crippen LogP contribution in [0.15, 0.2) is 30.3 Å². The molecule has 33 heavy (non-hydrogen) atoms. The highest BCUT2D eigenvalue weighted by molar-refractivity contribution is 5.93. The normalized spacial score (nSPS) is 20.2. The summed E-state index contributed by atoms with van der Waals surface area (Å²) in [6.45, 7) is 5.05. The summed E-state index contributed by atoms with van der Waals surface area (Å²) in [6.07, 6.45) is 7.65. The maximum absolute atomic E-state index is 13.2. The zero-order valence-electron chi connectivity index (χ0n) is 19.7. The fraction of sp³-hybridized carbons (Fsp3) is 0.519. The highest BCUT2D eigenvalue weighted by atomic mass is 16.2. The molecule has 1 saturated heterocycles. The number of carbonyl (C=O) groups excluding carboxylic acids is 1. The second-order valence-electron chi connectivity index (χ2n) is 9.45. The lowest BCUT2D eigenvalue weighted by Crippen LogP contribution is -2.40. The number of likely N-dealkylation sites (tertiary alicyclic amines) is 1. The van der Waals surface area contributed by atoms with Gasteiger partial charge in [0.15, 0.2) is 0 Å². The Morgan fingerprint density at radius 3 is 2.48 bits per heavy atom. The van der Waals surface area contributed by atoms with Crippen molar-refractivity contribution in [3.63, 3.8) is 0 Å². The Bertz CT molecular complexity index is 1070. The van der Waals surface area contributed by atoms with E-state index in [0.717, 1.165) is 49.0 Å². The molecule has 1 aromatic carbocycles. The van der Waals surface area contributed by atoms with E-state index in [4.69, 9.17) is 0 Å². The first kappa shape index (κ1) is 23.1. The molecule has 2 atom stereocenters. The van der Waals surface area contributed by atoms with Gasteiger partial charge in [0.1, 0.15) is 11.9 Å². The number of aromatic nitrogens is 1. The van der Waals surface area contributed by atoms with Crippen LogP contribution in [0.1, 0.15) is 79.3 Å². The third-order valence-electron chi connectivity index (χ3n) is 7.51. The first-order valence-electron chi connectivity index (χ1n) is 12.1. The summed E-state index contributed by atoms with van der Waals surface area (Å²) < 4.78 is 2.20. The average molecular weight is 444 g/mol. The number of nitriles is 2. The lowest BCUT2D eigenvalue weighted by molar-refractivity contribution is -0.117. The van der Waals surface area contributed by atoms with Gasteiger partial charge in [0.25, 0.3) is 0 Å². The predicted octanol–water partition coefficient (Wildman–Crippen LogP) is 5.19. The molecule has 1 amide bonds. The van der Waals surface area contributed by atoms with Crippen molar-refractivity contribution in [1.29, 1.82) is 10.5 Å². The van der Waals surface area contributed by atoms with Crippen molar-refractivity contribution < 1.29 is 4.79 Å². The van der Waals surface area contributed by atoms with Crippen molar-refractivity contribution in [1.82, 2.24) is 9.47 Å². The smallest absolute Gasteiger partial charge is 0.239 e. The SMILES string of the molecule is Cc1c(C#N)c(NC(=O)CN2CCC[C@H]2[C@H](C#N)c2ccccc2)n(C2CCCCC2)c1C. The van der Waals surface area contributed by atoms with Crippen LogP contribution in [0.5, 0.6) is 0 Å². The molecule has 1 aliphatic heterocycles. The molecule has 2 aliphatic rings. The van der Waals surface area contributed by atoms with Gasteiger partial charge in [-0.2, -0.15) is 10.5 Å². The largest absolute Gasteiger partial charge is 0.327 e. The number of rotatable bonds is 6. The Morgan fingerprint density at radius 1 is 1.09 bits per heavy atom. The van der Waals surface area contributed by atoms with Gasteiger partial charge in [-0.3, -0.25) is 9.69 Å². The van der Waals surface area contributed by atoms with Gasteiger partial charge < -0.3 is 9.88 Å². The predicted molar refractivity (Wildman–Crippen MR) is 129 cm³/mol. The number of anilines is 1. The lowest BCUT2D eigenvalue weighted by Gasteiger charge is -2.29. The number of amides is 1. The van der Waals surface area contributed by atoms with E-state index in [9.17, 15) is 15.3 Å². The van der Waals surface area contributed by atoms with Crippen molar-refractivity contribution in [3.8, 4) is 12.1 Å². The van der Waals surface area contributed by atoms with Crippen molar-refractivity contribution in [2.75, 3.05) is 18.4 Å². The summed E-state index contributed by atoms with van der Waals surface area (Å²) in [6, 6.07) is 15.0. The van der Waals surface area contributed by atoms with Crippen LogP contribution in [0.25, 0.3) is 0 Å². The summed E-state index contributed by atoms with van der Waals surface area (Å²) in [4.78, 5) is 15.4. The molecular weight excluding hydrogens is 410 g/mol. The molecule has 172 valence electrons. The molecule has 0 unspecified atom stereocenters.